The first-order chi connectivity index (χ1) is 15.6. The lowest BCUT2D eigenvalue weighted by Gasteiger charge is -2.01. The molecule has 4 aromatic rings. The van der Waals surface area contributed by atoms with Crippen molar-refractivity contribution in [3.05, 3.63) is 96.2 Å². The molecule has 0 aliphatic rings. The molecule has 2 aromatic heterocycles. The van der Waals surface area contributed by atoms with E-state index in [1.165, 1.54) is 18.2 Å². The summed E-state index contributed by atoms with van der Waals surface area (Å²) in [5.41, 5.74) is 4.27. The van der Waals surface area contributed by atoms with Gasteiger partial charge in [0, 0.05) is 43.2 Å². The molecule has 2 heterocycles. The van der Waals surface area contributed by atoms with E-state index in [1.54, 1.807) is 27.6 Å². The summed E-state index contributed by atoms with van der Waals surface area (Å²) >= 11 is 0. The lowest BCUT2D eigenvalue weighted by Crippen LogP contribution is -2.22. The highest BCUT2D eigenvalue weighted by Gasteiger charge is 2.11. The zero-order valence-corrected chi connectivity index (χ0v) is 17.8. The third-order valence-electron chi connectivity index (χ3n) is 5.00. The Morgan fingerprint density at radius 2 is 1.88 bits per heavy atom. The molecule has 6 nitrogen and oxygen atoms in total. The van der Waals surface area contributed by atoms with Gasteiger partial charge in [-0.2, -0.15) is 10.2 Å². The van der Waals surface area contributed by atoms with Crippen molar-refractivity contribution in [1.82, 2.24) is 24.9 Å². The first-order valence-corrected chi connectivity index (χ1v) is 10.4. The van der Waals surface area contributed by atoms with Crippen LogP contribution in [-0.4, -0.2) is 32.0 Å². The van der Waals surface area contributed by atoms with Gasteiger partial charge >= 0.3 is 0 Å². The molecule has 0 spiro atoms. The van der Waals surface area contributed by atoms with Gasteiger partial charge in [-0.15, -0.1) is 0 Å². The number of para-hydroxylation sites is 1. The van der Waals surface area contributed by atoms with Crippen LogP contribution in [0.25, 0.3) is 23.0 Å². The molecule has 0 atom stereocenters. The van der Waals surface area contributed by atoms with E-state index in [0.29, 0.717) is 12.2 Å². The van der Waals surface area contributed by atoms with Gasteiger partial charge in [-0.05, 0) is 60.9 Å². The van der Waals surface area contributed by atoms with E-state index >= 15 is 0 Å². The number of carbonyl (C=O) groups excluding carboxylic acids is 1. The van der Waals surface area contributed by atoms with Gasteiger partial charge in [0.25, 0.3) is 0 Å². The van der Waals surface area contributed by atoms with Crippen molar-refractivity contribution in [2.45, 2.75) is 12.8 Å². The van der Waals surface area contributed by atoms with Crippen molar-refractivity contribution in [3.63, 3.8) is 0 Å². The highest BCUT2D eigenvalue weighted by Crippen LogP contribution is 2.25. The van der Waals surface area contributed by atoms with Gasteiger partial charge in [0.05, 0.1) is 17.6 Å². The van der Waals surface area contributed by atoms with E-state index in [2.05, 4.69) is 15.5 Å². The van der Waals surface area contributed by atoms with Gasteiger partial charge in [-0.3, -0.25) is 9.48 Å². The molecule has 0 unspecified atom stereocenters. The molecule has 1 N–H and O–H groups in total. The third kappa shape index (κ3) is 5.37. The van der Waals surface area contributed by atoms with Crippen LogP contribution < -0.4 is 5.32 Å². The Morgan fingerprint density at radius 1 is 1.09 bits per heavy atom. The summed E-state index contributed by atoms with van der Waals surface area (Å²) < 4.78 is 16.9. The van der Waals surface area contributed by atoms with E-state index < -0.39 is 0 Å². The summed E-state index contributed by atoms with van der Waals surface area (Å²) in [4.78, 5) is 12.3. The lowest BCUT2D eigenvalue weighted by molar-refractivity contribution is -0.116. The van der Waals surface area contributed by atoms with E-state index in [0.717, 1.165) is 35.2 Å². The maximum Gasteiger partial charge on any atom is 0.244 e. The molecule has 7 heteroatoms. The SMILES string of the molecule is Cn1cc(CCCNC(=O)/C=C/c2cn(-c3ccccc3)nc2-c2ccc(F)cc2)cn1. The second-order valence-corrected chi connectivity index (χ2v) is 7.47. The predicted molar refractivity (Wildman–Crippen MR) is 123 cm³/mol. The summed E-state index contributed by atoms with van der Waals surface area (Å²) in [6.07, 6.45) is 10.6. The normalized spacial score (nSPS) is 11.2. The number of hydrogen-bond acceptors (Lipinski definition) is 3. The van der Waals surface area contributed by atoms with Crippen LogP contribution in [0.3, 0.4) is 0 Å². The van der Waals surface area contributed by atoms with Crippen LogP contribution in [0.1, 0.15) is 17.5 Å². The Kier molecular flexibility index (Phi) is 6.55. The van der Waals surface area contributed by atoms with Gasteiger partial charge in [-0.1, -0.05) is 18.2 Å². The molecule has 2 aromatic carbocycles. The number of amides is 1. The predicted octanol–water partition coefficient (Wildman–Crippen LogP) is 4.17. The Bertz CT molecular complexity index is 1210. The third-order valence-corrected chi connectivity index (χ3v) is 5.00. The number of carbonyl (C=O) groups is 1. The first kappa shape index (κ1) is 21.2. The fourth-order valence-corrected chi connectivity index (χ4v) is 3.38. The van der Waals surface area contributed by atoms with Crippen LogP contribution in [0.4, 0.5) is 4.39 Å². The molecule has 0 aliphatic carbocycles. The summed E-state index contributed by atoms with van der Waals surface area (Å²) in [6, 6.07) is 15.9. The smallest absolute Gasteiger partial charge is 0.244 e. The zero-order chi connectivity index (χ0) is 22.3. The standard InChI is InChI=1S/C25H24FN5O/c1-30-17-19(16-28-30)6-5-15-27-24(32)14-11-21-18-31(23-7-3-2-4-8-23)29-25(21)20-9-12-22(26)13-10-20/h2-4,7-14,16-18H,5-6,15H2,1H3,(H,27,32)/b14-11+. The molecule has 0 bridgehead atoms. The maximum atomic E-state index is 13.4. The Balaban J connectivity index is 1.46. The van der Waals surface area contributed by atoms with Gasteiger partial charge in [0.1, 0.15) is 5.82 Å². The molecule has 1 amide bonds. The number of hydrogen-bond donors (Lipinski definition) is 1. The lowest BCUT2D eigenvalue weighted by atomic mass is 10.1. The summed E-state index contributed by atoms with van der Waals surface area (Å²) in [6.45, 7) is 0.576. The molecular weight excluding hydrogens is 405 g/mol. The molecule has 0 aliphatic heterocycles. The molecule has 4 rings (SSSR count). The van der Waals surface area contributed by atoms with Gasteiger partial charge < -0.3 is 5.32 Å². The molecule has 162 valence electrons. The summed E-state index contributed by atoms with van der Waals surface area (Å²) in [5.74, 6) is -0.479. The Hall–Kier alpha value is -4.00. The minimum atomic E-state index is -0.306. The van der Waals surface area contributed by atoms with E-state index in [9.17, 15) is 9.18 Å². The number of rotatable bonds is 8. The molecule has 0 saturated heterocycles. The summed E-state index contributed by atoms with van der Waals surface area (Å²) in [7, 11) is 1.89. The van der Waals surface area contributed by atoms with Crippen LogP contribution in [0, 0.1) is 5.82 Å². The second-order valence-electron chi connectivity index (χ2n) is 7.47. The quantitative estimate of drug-likeness (QED) is 0.338. The average Bonchev–Trinajstić information content (AvgIpc) is 3.43. The molecule has 0 radical (unpaired) electrons. The van der Waals surface area contributed by atoms with Crippen LogP contribution in [0.2, 0.25) is 0 Å². The molecule has 32 heavy (non-hydrogen) atoms. The topological polar surface area (TPSA) is 64.7 Å². The van der Waals surface area contributed by atoms with Crippen molar-refractivity contribution in [3.8, 4) is 16.9 Å². The minimum absolute atomic E-state index is 0.172. The van der Waals surface area contributed by atoms with E-state index in [1.807, 2.05) is 56.0 Å². The Morgan fingerprint density at radius 3 is 2.59 bits per heavy atom. The number of halogens is 1. The monoisotopic (exact) mass is 429 g/mol. The highest BCUT2D eigenvalue weighted by molar-refractivity contribution is 5.92. The van der Waals surface area contributed by atoms with Crippen LogP contribution in [-0.2, 0) is 18.3 Å². The number of aryl methyl sites for hydroxylation is 2. The number of nitrogens with one attached hydrogen (secondary N) is 1. The van der Waals surface area contributed by atoms with Crippen molar-refractivity contribution in [2.75, 3.05) is 6.54 Å². The molecule has 0 saturated carbocycles. The first-order valence-electron chi connectivity index (χ1n) is 10.4. The molecule has 0 fully saturated rings. The fourth-order valence-electron chi connectivity index (χ4n) is 3.38. The number of nitrogens with zero attached hydrogens (tertiary/aromatic N) is 4. The van der Waals surface area contributed by atoms with E-state index in [-0.39, 0.29) is 11.7 Å². The van der Waals surface area contributed by atoms with Crippen LogP contribution in [0.5, 0.6) is 0 Å². The minimum Gasteiger partial charge on any atom is -0.353 e. The highest BCUT2D eigenvalue weighted by atomic mass is 19.1. The van der Waals surface area contributed by atoms with Crippen LogP contribution in [0.15, 0.2) is 79.3 Å². The summed E-state index contributed by atoms with van der Waals surface area (Å²) in [5, 5.41) is 11.7. The van der Waals surface area contributed by atoms with Gasteiger partial charge in [0.15, 0.2) is 0 Å². The number of benzene rings is 2. The Labute approximate surface area is 186 Å². The fraction of sp³-hybridized carbons (Fsp3) is 0.160. The van der Waals surface area contributed by atoms with Crippen molar-refractivity contribution in [1.29, 1.82) is 0 Å². The zero-order valence-electron chi connectivity index (χ0n) is 17.8. The van der Waals surface area contributed by atoms with Crippen molar-refractivity contribution in [2.24, 2.45) is 7.05 Å². The largest absolute Gasteiger partial charge is 0.353 e. The maximum absolute atomic E-state index is 13.4. The van der Waals surface area contributed by atoms with Crippen LogP contribution >= 0.6 is 0 Å². The van der Waals surface area contributed by atoms with E-state index in [4.69, 9.17) is 0 Å². The van der Waals surface area contributed by atoms with Gasteiger partial charge in [0.2, 0.25) is 5.91 Å². The van der Waals surface area contributed by atoms with Crippen molar-refractivity contribution >= 4 is 12.0 Å². The van der Waals surface area contributed by atoms with Gasteiger partial charge in [-0.25, -0.2) is 9.07 Å². The second kappa shape index (κ2) is 9.87. The van der Waals surface area contributed by atoms with Crippen molar-refractivity contribution < 1.29 is 9.18 Å². The molecular formula is C25H24FN5O. The average molecular weight is 429 g/mol. The number of aromatic nitrogens is 4.